The van der Waals surface area contributed by atoms with Gasteiger partial charge in [-0.1, -0.05) is 24.3 Å². The van der Waals surface area contributed by atoms with Crippen LogP contribution in [0, 0.1) is 18.6 Å². The molecule has 2 aromatic heterocycles. The summed E-state index contributed by atoms with van der Waals surface area (Å²) in [6.07, 6.45) is 7.76. The molecule has 0 bridgehead atoms. The zero-order chi connectivity index (χ0) is 34.7. The van der Waals surface area contributed by atoms with Gasteiger partial charge in [-0.15, -0.1) is 0 Å². The monoisotopic (exact) mass is 666 g/mol. The van der Waals surface area contributed by atoms with Gasteiger partial charge in [0.15, 0.2) is 11.6 Å². The normalized spacial score (nSPS) is 14.1. The first-order chi connectivity index (χ1) is 23.6. The topological polar surface area (TPSA) is 100 Å². The average molecular weight is 667 g/mol. The first-order valence-corrected chi connectivity index (χ1v) is 16.3. The number of carbonyl (C=O) groups is 1. The Morgan fingerprint density at radius 3 is 2.51 bits per heavy atom. The molecule has 3 aromatic carbocycles. The fourth-order valence-corrected chi connectivity index (χ4v) is 6.17. The zero-order valence-corrected chi connectivity index (χ0v) is 28.1. The standard InChI is InChI=1S/C37H40F2N8O2/c1-24-34(36(49)47(46(24)4)23-26-7-13-31(38)32(39)21-26)35(48)40-17-5-6-25-8-14-33-27(20-25)22-41-37(43-33)42-28-9-11-29(12-10-28)45(3)30-15-18-44(2)19-16-30/h5-14,20-22,30H,15-19,23H2,1-4H3,(H,40,48)(H,41,42,43). The van der Waals surface area contributed by atoms with Gasteiger partial charge >= 0.3 is 0 Å². The number of anilines is 3. The Labute approximate surface area is 283 Å². The van der Waals surface area contributed by atoms with Crippen LogP contribution in [0.1, 0.15) is 40.0 Å². The molecule has 1 aliphatic rings. The largest absolute Gasteiger partial charge is 0.372 e. The van der Waals surface area contributed by atoms with Gasteiger partial charge in [-0.05, 0) is 99.6 Å². The predicted molar refractivity (Wildman–Crippen MR) is 189 cm³/mol. The van der Waals surface area contributed by atoms with Crippen LogP contribution < -0.4 is 21.1 Å². The maximum absolute atomic E-state index is 13.7. The van der Waals surface area contributed by atoms with Gasteiger partial charge in [0.2, 0.25) is 5.95 Å². The Kier molecular flexibility index (Phi) is 9.86. The van der Waals surface area contributed by atoms with Crippen molar-refractivity contribution in [1.29, 1.82) is 0 Å². The number of nitrogens with one attached hydrogen (secondary N) is 2. The van der Waals surface area contributed by atoms with Crippen molar-refractivity contribution in [1.82, 2.24) is 29.5 Å². The van der Waals surface area contributed by atoms with Crippen LogP contribution in [0.25, 0.3) is 17.0 Å². The molecule has 2 N–H and O–H groups in total. The lowest BCUT2D eigenvalue weighted by molar-refractivity contribution is 0.0956. The lowest BCUT2D eigenvalue weighted by Gasteiger charge is -2.36. The number of fused-ring (bicyclic) bond motifs is 1. The van der Waals surface area contributed by atoms with Crippen molar-refractivity contribution in [2.45, 2.75) is 32.4 Å². The number of aromatic nitrogens is 4. The molecule has 5 aromatic rings. The van der Waals surface area contributed by atoms with E-state index in [-0.39, 0.29) is 18.7 Å². The summed E-state index contributed by atoms with van der Waals surface area (Å²) in [5.74, 6) is -1.97. The van der Waals surface area contributed by atoms with Crippen molar-refractivity contribution < 1.29 is 13.6 Å². The van der Waals surface area contributed by atoms with E-state index in [2.05, 4.69) is 56.6 Å². The highest BCUT2D eigenvalue weighted by Gasteiger charge is 2.22. The third kappa shape index (κ3) is 7.54. The van der Waals surface area contributed by atoms with E-state index in [1.54, 1.807) is 30.9 Å². The Hall–Kier alpha value is -5.36. The Balaban J connectivity index is 1.04. The molecule has 0 spiro atoms. The molecule has 1 amide bonds. The molecular weight excluding hydrogens is 626 g/mol. The first-order valence-electron chi connectivity index (χ1n) is 16.3. The Morgan fingerprint density at radius 1 is 1.02 bits per heavy atom. The molecule has 3 heterocycles. The SMILES string of the molecule is Cc1c(C(=O)NCC=Cc2ccc3nc(Nc4ccc(N(C)C5CCN(C)CC5)cc4)ncc3c2)c(=O)n(Cc2ccc(F)c(F)c2)n1C. The molecule has 49 heavy (non-hydrogen) atoms. The van der Waals surface area contributed by atoms with E-state index in [9.17, 15) is 18.4 Å². The molecule has 0 aliphatic carbocycles. The number of likely N-dealkylation sites (tertiary alicyclic amines) is 1. The van der Waals surface area contributed by atoms with Crippen LogP contribution in [-0.4, -0.2) is 69.9 Å². The van der Waals surface area contributed by atoms with Crippen molar-refractivity contribution in [2.75, 3.05) is 43.9 Å². The quantitative estimate of drug-likeness (QED) is 0.204. The van der Waals surface area contributed by atoms with Crippen LogP contribution in [0.5, 0.6) is 0 Å². The summed E-state index contributed by atoms with van der Waals surface area (Å²) in [7, 11) is 5.98. The number of nitrogens with zero attached hydrogens (tertiary/aromatic N) is 6. The van der Waals surface area contributed by atoms with Gasteiger partial charge in [-0.3, -0.25) is 14.3 Å². The molecule has 0 saturated carbocycles. The number of amides is 1. The van der Waals surface area contributed by atoms with Crippen LogP contribution in [-0.2, 0) is 13.6 Å². The molecule has 1 fully saturated rings. The van der Waals surface area contributed by atoms with Gasteiger partial charge in [-0.25, -0.2) is 23.4 Å². The van der Waals surface area contributed by atoms with E-state index in [1.807, 2.05) is 36.4 Å². The second kappa shape index (κ2) is 14.4. The van der Waals surface area contributed by atoms with Gasteiger partial charge in [0.1, 0.15) is 5.56 Å². The van der Waals surface area contributed by atoms with Crippen LogP contribution in [0.3, 0.4) is 0 Å². The molecule has 1 aliphatic heterocycles. The molecule has 254 valence electrons. The molecule has 10 nitrogen and oxygen atoms in total. The Bertz CT molecular complexity index is 2060. The fraction of sp³-hybridized carbons (Fsp3) is 0.297. The van der Waals surface area contributed by atoms with Crippen LogP contribution in [0.4, 0.5) is 26.1 Å². The first kappa shape index (κ1) is 33.5. The highest BCUT2D eigenvalue weighted by atomic mass is 19.2. The molecule has 0 radical (unpaired) electrons. The summed E-state index contributed by atoms with van der Waals surface area (Å²) < 4.78 is 29.9. The van der Waals surface area contributed by atoms with E-state index in [1.165, 1.54) is 16.4 Å². The summed E-state index contributed by atoms with van der Waals surface area (Å²) in [6.45, 7) is 4.10. The van der Waals surface area contributed by atoms with E-state index in [4.69, 9.17) is 0 Å². The average Bonchev–Trinajstić information content (AvgIpc) is 3.31. The van der Waals surface area contributed by atoms with Gasteiger partial charge in [0.25, 0.3) is 11.5 Å². The van der Waals surface area contributed by atoms with Crippen LogP contribution in [0.2, 0.25) is 0 Å². The maximum Gasteiger partial charge on any atom is 0.280 e. The Morgan fingerprint density at radius 2 is 1.78 bits per heavy atom. The minimum absolute atomic E-state index is 0.00156. The van der Waals surface area contributed by atoms with Crippen LogP contribution >= 0.6 is 0 Å². The molecule has 12 heteroatoms. The lowest BCUT2D eigenvalue weighted by Crippen LogP contribution is -2.41. The molecule has 1 saturated heterocycles. The van der Waals surface area contributed by atoms with E-state index < -0.39 is 23.1 Å². The number of hydrogen-bond donors (Lipinski definition) is 2. The lowest BCUT2D eigenvalue weighted by atomic mass is 10.0. The summed E-state index contributed by atoms with van der Waals surface area (Å²) in [4.78, 5) is 40.0. The predicted octanol–water partition coefficient (Wildman–Crippen LogP) is 5.48. The minimum atomic E-state index is -0.995. The van der Waals surface area contributed by atoms with Crippen molar-refractivity contribution in [3.63, 3.8) is 0 Å². The van der Waals surface area contributed by atoms with Crippen molar-refractivity contribution in [2.24, 2.45) is 7.05 Å². The summed E-state index contributed by atoms with van der Waals surface area (Å²) in [5, 5.41) is 6.94. The van der Waals surface area contributed by atoms with E-state index >= 15 is 0 Å². The second-order valence-electron chi connectivity index (χ2n) is 12.5. The maximum atomic E-state index is 13.7. The summed E-state index contributed by atoms with van der Waals surface area (Å²) in [5.41, 5.74) is 4.15. The summed E-state index contributed by atoms with van der Waals surface area (Å²) >= 11 is 0. The number of carbonyl (C=O) groups excluding carboxylic acids is 1. The fourth-order valence-electron chi connectivity index (χ4n) is 6.17. The number of piperidine rings is 1. The zero-order valence-electron chi connectivity index (χ0n) is 28.1. The molecular formula is C37H40F2N8O2. The van der Waals surface area contributed by atoms with Crippen LogP contribution in [0.15, 0.2) is 77.7 Å². The van der Waals surface area contributed by atoms with Gasteiger partial charge in [-0.2, -0.15) is 0 Å². The molecule has 6 rings (SSSR count). The number of benzene rings is 3. The number of halogens is 2. The smallest absolute Gasteiger partial charge is 0.280 e. The van der Waals surface area contributed by atoms with Crippen molar-refractivity contribution in [3.05, 3.63) is 117 Å². The van der Waals surface area contributed by atoms with E-state index in [0.29, 0.717) is 23.2 Å². The van der Waals surface area contributed by atoms with Crippen molar-refractivity contribution in [3.8, 4) is 0 Å². The summed E-state index contributed by atoms with van der Waals surface area (Å²) in [6, 6.07) is 18.2. The van der Waals surface area contributed by atoms with Gasteiger partial charge in [0, 0.05) is 55.3 Å². The van der Waals surface area contributed by atoms with Gasteiger partial charge in [0.05, 0.1) is 12.1 Å². The van der Waals surface area contributed by atoms with E-state index in [0.717, 1.165) is 60.2 Å². The highest BCUT2D eigenvalue weighted by Crippen LogP contribution is 2.25. The van der Waals surface area contributed by atoms with Gasteiger partial charge < -0.3 is 20.4 Å². The molecule has 0 atom stereocenters. The molecule has 0 unspecified atom stereocenters. The third-order valence-electron chi connectivity index (χ3n) is 9.26. The highest BCUT2D eigenvalue weighted by molar-refractivity contribution is 5.95. The van der Waals surface area contributed by atoms with Crippen molar-refractivity contribution >= 4 is 40.2 Å². The minimum Gasteiger partial charge on any atom is -0.372 e. The number of rotatable bonds is 10. The third-order valence-corrected chi connectivity index (χ3v) is 9.26. The number of hydrogen-bond acceptors (Lipinski definition) is 7. The second-order valence-corrected chi connectivity index (χ2v) is 12.5.